The highest BCUT2D eigenvalue weighted by Gasteiger charge is 2.26. The predicted molar refractivity (Wildman–Crippen MR) is 48.8 cm³/mol. The molecule has 1 aromatic heterocycles. The van der Waals surface area contributed by atoms with Crippen LogP contribution in [0.15, 0.2) is 12.5 Å². The molecule has 1 fully saturated rings. The summed E-state index contributed by atoms with van der Waals surface area (Å²) in [6.45, 7) is 1.68. The number of aromatic nitrogens is 2. The van der Waals surface area contributed by atoms with E-state index in [0.717, 1.165) is 18.9 Å². The molecule has 2 heterocycles. The van der Waals surface area contributed by atoms with Crippen LogP contribution in [0, 0.1) is 0 Å². The summed E-state index contributed by atoms with van der Waals surface area (Å²) >= 11 is 0. The fourth-order valence-electron chi connectivity index (χ4n) is 1.38. The quantitative estimate of drug-likeness (QED) is 0.673. The first-order valence-corrected chi connectivity index (χ1v) is 4.16. The van der Waals surface area contributed by atoms with Gasteiger partial charge in [-0.2, -0.15) is 0 Å². The van der Waals surface area contributed by atoms with E-state index in [1.54, 1.807) is 13.3 Å². The lowest BCUT2D eigenvalue weighted by molar-refractivity contribution is 0.404. The largest absolute Gasteiger partial charge is 0.491 e. The topological polar surface area (TPSA) is 64.3 Å². The smallest absolute Gasteiger partial charge is 0.179 e. The molecule has 0 radical (unpaired) electrons. The first-order chi connectivity index (χ1) is 6.31. The Hall–Kier alpha value is -1.36. The van der Waals surface area contributed by atoms with E-state index in [2.05, 4.69) is 14.9 Å². The Kier molecular flexibility index (Phi) is 2.02. The van der Waals surface area contributed by atoms with Crippen molar-refractivity contribution in [2.75, 3.05) is 25.1 Å². The van der Waals surface area contributed by atoms with E-state index in [9.17, 15) is 0 Å². The van der Waals surface area contributed by atoms with Crippen LogP contribution < -0.4 is 15.4 Å². The van der Waals surface area contributed by atoms with Crippen molar-refractivity contribution in [3.05, 3.63) is 12.5 Å². The van der Waals surface area contributed by atoms with Crippen LogP contribution in [0.5, 0.6) is 5.75 Å². The van der Waals surface area contributed by atoms with Crippen molar-refractivity contribution in [2.45, 2.75) is 6.04 Å². The lowest BCUT2D eigenvalue weighted by Gasteiger charge is -2.38. The fourth-order valence-corrected chi connectivity index (χ4v) is 1.38. The molecule has 0 atom stereocenters. The van der Waals surface area contributed by atoms with Crippen LogP contribution in [0.2, 0.25) is 0 Å². The van der Waals surface area contributed by atoms with Gasteiger partial charge in [0.2, 0.25) is 0 Å². The molecule has 0 aromatic carbocycles. The molecule has 1 aliphatic heterocycles. The zero-order valence-electron chi connectivity index (χ0n) is 7.47. The minimum Gasteiger partial charge on any atom is -0.491 e. The number of methoxy groups -OCH3 is 1. The number of hydrogen-bond acceptors (Lipinski definition) is 5. The maximum atomic E-state index is 5.67. The van der Waals surface area contributed by atoms with Gasteiger partial charge >= 0.3 is 0 Å². The molecule has 1 aliphatic rings. The Morgan fingerprint density at radius 3 is 3.00 bits per heavy atom. The summed E-state index contributed by atoms with van der Waals surface area (Å²) in [6, 6.07) is 0.264. The molecular formula is C8H12N4O. The summed E-state index contributed by atoms with van der Waals surface area (Å²) in [6.07, 6.45) is 3.17. The molecule has 0 aliphatic carbocycles. The molecule has 2 N–H and O–H groups in total. The number of ether oxygens (including phenoxy) is 1. The normalized spacial score (nSPS) is 16.9. The van der Waals surface area contributed by atoms with E-state index >= 15 is 0 Å². The van der Waals surface area contributed by atoms with Gasteiger partial charge in [-0.1, -0.05) is 0 Å². The predicted octanol–water partition coefficient (Wildman–Crippen LogP) is -0.368. The molecule has 5 nitrogen and oxygen atoms in total. The van der Waals surface area contributed by atoms with E-state index in [-0.39, 0.29) is 6.04 Å². The van der Waals surface area contributed by atoms with Gasteiger partial charge in [0.15, 0.2) is 11.6 Å². The summed E-state index contributed by atoms with van der Waals surface area (Å²) in [5.41, 5.74) is 5.67. The Morgan fingerprint density at radius 2 is 2.38 bits per heavy atom. The van der Waals surface area contributed by atoms with Gasteiger partial charge in [-0.3, -0.25) is 0 Å². The maximum absolute atomic E-state index is 5.67. The van der Waals surface area contributed by atoms with Gasteiger partial charge in [-0.05, 0) is 0 Å². The minimum absolute atomic E-state index is 0.264. The monoisotopic (exact) mass is 180 g/mol. The first-order valence-electron chi connectivity index (χ1n) is 4.16. The van der Waals surface area contributed by atoms with E-state index in [1.807, 2.05) is 0 Å². The standard InChI is InChI=1S/C8H12N4O/c1-13-7-2-10-5-11-8(7)12-3-6(9)4-12/h2,5-6H,3-4,9H2,1H3. The average molecular weight is 180 g/mol. The van der Waals surface area contributed by atoms with Gasteiger partial charge in [-0.25, -0.2) is 9.97 Å². The van der Waals surface area contributed by atoms with Crippen LogP contribution in [0.4, 0.5) is 5.82 Å². The van der Waals surface area contributed by atoms with Gasteiger partial charge in [0.1, 0.15) is 6.33 Å². The van der Waals surface area contributed by atoms with E-state index in [0.29, 0.717) is 5.75 Å². The third-order valence-corrected chi connectivity index (χ3v) is 2.09. The van der Waals surface area contributed by atoms with E-state index in [4.69, 9.17) is 10.5 Å². The van der Waals surface area contributed by atoms with Crippen molar-refractivity contribution >= 4 is 5.82 Å². The SMILES string of the molecule is COc1cncnc1N1CC(N)C1. The van der Waals surface area contributed by atoms with Crippen molar-refractivity contribution in [1.29, 1.82) is 0 Å². The van der Waals surface area contributed by atoms with Gasteiger partial charge in [0, 0.05) is 19.1 Å². The molecule has 0 bridgehead atoms. The molecule has 0 spiro atoms. The fraction of sp³-hybridized carbons (Fsp3) is 0.500. The van der Waals surface area contributed by atoms with Crippen molar-refractivity contribution < 1.29 is 4.74 Å². The second-order valence-corrected chi connectivity index (χ2v) is 3.08. The van der Waals surface area contributed by atoms with Crippen molar-refractivity contribution in [3.8, 4) is 5.75 Å². The lowest BCUT2D eigenvalue weighted by atomic mass is 10.1. The number of rotatable bonds is 2. The second kappa shape index (κ2) is 3.18. The van der Waals surface area contributed by atoms with E-state index in [1.165, 1.54) is 6.33 Å². The molecule has 5 heteroatoms. The van der Waals surface area contributed by atoms with Crippen LogP contribution in [-0.4, -0.2) is 36.2 Å². The molecule has 0 saturated carbocycles. The van der Waals surface area contributed by atoms with Gasteiger partial charge in [-0.15, -0.1) is 0 Å². The lowest BCUT2D eigenvalue weighted by Crippen LogP contribution is -2.56. The van der Waals surface area contributed by atoms with Crippen molar-refractivity contribution in [2.24, 2.45) is 5.73 Å². The van der Waals surface area contributed by atoms with Gasteiger partial charge in [0.25, 0.3) is 0 Å². The minimum atomic E-state index is 0.264. The van der Waals surface area contributed by atoms with Crippen LogP contribution in [0.25, 0.3) is 0 Å². The second-order valence-electron chi connectivity index (χ2n) is 3.08. The molecular weight excluding hydrogens is 168 g/mol. The zero-order chi connectivity index (χ0) is 9.26. The zero-order valence-corrected chi connectivity index (χ0v) is 7.47. The Labute approximate surface area is 76.5 Å². The van der Waals surface area contributed by atoms with E-state index < -0.39 is 0 Å². The van der Waals surface area contributed by atoms with Crippen molar-refractivity contribution in [1.82, 2.24) is 9.97 Å². The average Bonchev–Trinajstić information content (AvgIpc) is 2.13. The molecule has 0 amide bonds. The summed E-state index contributed by atoms with van der Waals surface area (Å²) in [5, 5.41) is 0. The van der Waals surface area contributed by atoms with Crippen LogP contribution >= 0.6 is 0 Å². The Balaban J connectivity index is 2.19. The number of nitrogens with two attached hydrogens (primary N) is 1. The highest BCUT2D eigenvalue weighted by Crippen LogP contribution is 2.26. The Bertz CT molecular complexity index is 298. The van der Waals surface area contributed by atoms with Crippen LogP contribution in [0.3, 0.4) is 0 Å². The molecule has 1 aromatic rings. The first kappa shape index (κ1) is 8.25. The van der Waals surface area contributed by atoms with Gasteiger partial charge < -0.3 is 15.4 Å². The molecule has 13 heavy (non-hydrogen) atoms. The molecule has 0 unspecified atom stereocenters. The molecule has 2 rings (SSSR count). The summed E-state index contributed by atoms with van der Waals surface area (Å²) < 4.78 is 5.13. The number of nitrogens with zero attached hydrogens (tertiary/aromatic N) is 3. The maximum Gasteiger partial charge on any atom is 0.179 e. The summed E-state index contributed by atoms with van der Waals surface area (Å²) in [5.74, 6) is 1.54. The highest BCUT2D eigenvalue weighted by molar-refractivity contribution is 5.53. The van der Waals surface area contributed by atoms with Crippen LogP contribution in [-0.2, 0) is 0 Å². The third-order valence-electron chi connectivity index (χ3n) is 2.09. The van der Waals surface area contributed by atoms with Crippen molar-refractivity contribution in [3.63, 3.8) is 0 Å². The number of hydrogen-bond donors (Lipinski definition) is 1. The number of anilines is 1. The summed E-state index contributed by atoms with van der Waals surface area (Å²) in [4.78, 5) is 10.1. The third kappa shape index (κ3) is 1.42. The van der Waals surface area contributed by atoms with Crippen LogP contribution in [0.1, 0.15) is 0 Å². The van der Waals surface area contributed by atoms with Gasteiger partial charge in [0.05, 0.1) is 13.3 Å². The molecule has 1 saturated heterocycles. The Morgan fingerprint density at radius 1 is 1.62 bits per heavy atom. The highest BCUT2D eigenvalue weighted by atomic mass is 16.5. The summed E-state index contributed by atoms with van der Waals surface area (Å²) in [7, 11) is 1.61. The molecule has 70 valence electrons.